The summed E-state index contributed by atoms with van der Waals surface area (Å²) in [5.74, 6) is -0.548. The third-order valence-corrected chi connectivity index (χ3v) is 3.74. The number of primary amides is 1. The van der Waals surface area contributed by atoms with Crippen LogP contribution >= 0.6 is 0 Å². The van der Waals surface area contributed by atoms with E-state index in [0.717, 1.165) is 0 Å². The SMILES string of the molecule is C=CCc1cc(C(=O)O[C@@H](C(N)=O)c2ccccc2)cc(OC)c1OC. The number of carbonyl (C=O) groups excluding carboxylic acids is 2. The Kier molecular flexibility index (Phi) is 6.38. The van der Waals surface area contributed by atoms with Crippen LogP contribution in [0.4, 0.5) is 0 Å². The van der Waals surface area contributed by atoms with Gasteiger partial charge in [-0.25, -0.2) is 4.79 Å². The van der Waals surface area contributed by atoms with Crippen molar-refractivity contribution in [2.45, 2.75) is 12.5 Å². The molecule has 0 spiro atoms. The number of nitrogens with two attached hydrogens (primary N) is 1. The Bertz CT molecular complexity index is 801. The minimum absolute atomic E-state index is 0.224. The number of hydrogen-bond donors (Lipinski definition) is 1. The van der Waals surface area contributed by atoms with Gasteiger partial charge < -0.3 is 19.9 Å². The minimum atomic E-state index is -1.18. The molecule has 0 aliphatic carbocycles. The second kappa shape index (κ2) is 8.71. The standard InChI is InChI=1S/C20H21NO5/c1-4-8-14-11-15(12-16(24-2)17(14)25-3)20(23)26-18(19(21)22)13-9-6-5-7-10-13/h4-7,9-12,18H,1,8H2,2-3H3,(H2,21,22)/t18-/m1/s1. The Morgan fingerprint density at radius 3 is 2.38 bits per heavy atom. The van der Waals surface area contributed by atoms with E-state index in [1.54, 1.807) is 42.5 Å². The van der Waals surface area contributed by atoms with Gasteiger partial charge in [0, 0.05) is 11.1 Å². The number of rotatable bonds is 8. The van der Waals surface area contributed by atoms with E-state index < -0.39 is 18.0 Å². The van der Waals surface area contributed by atoms with Gasteiger partial charge in [0.1, 0.15) is 0 Å². The number of ether oxygens (including phenoxy) is 3. The van der Waals surface area contributed by atoms with Crippen molar-refractivity contribution in [3.8, 4) is 11.5 Å². The van der Waals surface area contributed by atoms with Crippen molar-refractivity contribution in [2.75, 3.05) is 14.2 Å². The molecule has 2 aromatic carbocycles. The zero-order chi connectivity index (χ0) is 19.1. The topological polar surface area (TPSA) is 87.9 Å². The first-order valence-electron chi connectivity index (χ1n) is 7.92. The van der Waals surface area contributed by atoms with Crippen LogP contribution in [0.3, 0.4) is 0 Å². The highest BCUT2D eigenvalue weighted by Gasteiger charge is 2.24. The van der Waals surface area contributed by atoms with Crippen molar-refractivity contribution in [3.05, 3.63) is 71.8 Å². The van der Waals surface area contributed by atoms with Crippen LogP contribution in [-0.2, 0) is 16.0 Å². The summed E-state index contributed by atoms with van der Waals surface area (Å²) in [4.78, 5) is 24.4. The Morgan fingerprint density at radius 2 is 1.85 bits per heavy atom. The van der Waals surface area contributed by atoms with Gasteiger partial charge >= 0.3 is 5.97 Å². The molecule has 2 aromatic rings. The van der Waals surface area contributed by atoms with Crippen LogP contribution < -0.4 is 15.2 Å². The Hall–Kier alpha value is -3.28. The van der Waals surface area contributed by atoms with E-state index in [1.807, 2.05) is 0 Å². The summed E-state index contributed by atoms with van der Waals surface area (Å²) in [6.07, 6.45) is 0.973. The molecule has 0 radical (unpaired) electrons. The van der Waals surface area contributed by atoms with Crippen molar-refractivity contribution in [2.24, 2.45) is 5.73 Å². The fraction of sp³-hybridized carbons (Fsp3) is 0.200. The Labute approximate surface area is 152 Å². The fourth-order valence-corrected chi connectivity index (χ4v) is 2.56. The quantitative estimate of drug-likeness (QED) is 0.581. The zero-order valence-electron chi connectivity index (χ0n) is 14.7. The molecule has 1 atom stereocenters. The van der Waals surface area contributed by atoms with Crippen molar-refractivity contribution in [1.82, 2.24) is 0 Å². The molecule has 2 rings (SSSR count). The van der Waals surface area contributed by atoms with E-state index in [9.17, 15) is 9.59 Å². The fourth-order valence-electron chi connectivity index (χ4n) is 2.56. The van der Waals surface area contributed by atoms with Crippen molar-refractivity contribution in [1.29, 1.82) is 0 Å². The molecule has 26 heavy (non-hydrogen) atoms. The lowest BCUT2D eigenvalue weighted by atomic mass is 10.0. The third kappa shape index (κ3) is 4.22. The monoisotopic (exact) mass is 355 g/mol. The van der Waals surface area contributed by atoms with Crippen LogP contribution in [0.25, 0.3) is 0 Å². The van der Waals surface area contributed by atoms with E-state index in [0.29, 0.717) is 29.0 Å². The molecule has 0 aliphatic heterocycles. The Balaban J connectivity index is 2.37. The summed E-state index contributed by atoms with van der Waals surface area (Å²) in [6.45, 7) is 3.70. The van der Waals surface area contributed by atoms with E-state index in [2.05, 4.69) is 6.58 Å². The number of benzene rings is 2. The van der Waals surface area contributed by atoms with E-state index in [-0.39, 0.29) is 5.56 Å². The molecule has 2 N–H and O–H groups in total. The zero-order valence-corrected chi connectivity index (χ0v) is 14.7. The number of hydrogen-bond acceptors (Lipinski definition) is 5. The maximum Gasteiger partial charge on any atom is 0.339 e. The molecule has 6 nitrogen and oxygen atoms in total. The first kappa shape index (κ1) is 19.1. The van der Waals surface area contributed by atoms with Crippen LogP contribution in [0.2, 0.25) is 0 Å². The minimum Gasteiger partial charge on any atom is -0.493 e. The molecule has 0 bridgehead atoms. The lowest BCUT2D eigenvalue weighted by Crippen LogP contribution is -2.26. The lowest BCUT2D eigenvalue weighted by molar-refractivity contribution is -0.127. The first-order valence-corrected chi connectivity index (χ1v) is 7.92. The number of carbonyl (C=O) groups is 2. The van der Waals surface area contributed by atoms with E-state index in [4.69, 9.17) is 19.9 Å². The number of methoxy groups -OCH3 is 2. The molecule has 6 heteroatoms. The van der Waals surface area contributed by atoms with Gasteiger partial charge in [0.05, 0.1) is 19.8 Å². The van der Waals surface area contributed by atoms with Crippen molar-refractivity contribution in [3.63, 3.8) is 0 Å². The highest BCUT2D eigenvalue weighted by atomic mass is 16.5. The average molecular weight is 355 g/mol. The van der Waals surface area contributed by atoms with Crippen LogP contribution in [0.5, 0.6) is 11.5 Å². The highest BCUT2D eigenvalue weighted by Crippen LogP contribution is 2.34. The van der Waals surface area contributed by atoms with Gasteiger partial charge in [-0.15, -0.1) is 6.58 Å². The molecular weight excluding hydrogens is 334 g/mol. The van der Waals surface area contributed by atoms with Gasteiger partial charge in [-0.3, -0.25) is 4.79 Å². The maximum absolute atomic E-state index is 12.6. The smallest absolute Gasteiger partial charge is 0.339 e. The number of allylic oxidation sites excluding steroid dienone is 1. The molecule has 0 heterocycles. The summed E-state index contributed by atoms with van der Waals surface area (Å²) in [5, 5.41) is 0. The second-order valence-electron chi connectivity index (χ2n) is 5.46. The number of esters is 1. The predicted octanol–water partition coefficient (Wildman–Crippen LogP) is 2.82. The third-order valence-electron chi connectivity index (χ3n) is 3.74. The molecule has 0 aliphatic rings. The van der Waals surface area contributed by atoms with Gasteiger partial charge in [0.25, 0.3) is 5.91 Å². The van der Waals surface area contributed by atoms with Gasteiger partial charge in [0.15, 0.2) is 11.5 Å². The molecule has 0 unspecified atom stereocenters. The molecule has 1 amide bonds. The summed E-state index contributed by atoms with van der Waals surface area (Å²) in [6, 6.07) is 11.7. The van der Waals surface area contributed by atoms with Crippen molar-refractivity contribution < 1.29 is 23.8 Å². The lowest BCUT2D eigenvalue weighted by Gasteiger charge is -2.17. The normalized spacial score (nSPS) is 11.3. The first-order chi connectivity index (χ1) is 12.5. The molecule has 0 saturated carbocycles. The van der Waals surface area contributed by atoms with Crippen molar-refractivity contribution >= 4 is 11.9 Å². The van der Waals surface area contributed by atoms with Gasteiger partial charge in [-0.1, -0.05) is 36.4 Å². The van der Waals surface area contributed by atoms with Crippen LogP contribution in [0.1, 0.15) is 27.6 Å². The predicted molar refractivity (Wildman–Crippen MR) is 97.2 cm³/mol. The van der Waals surface area contributed by atoms with Gasteiger partial charge in [-0.2, -0.15) is 0 Å². The van der Waals surface area contributed by atoms with Gasteiger partial charge in [-0.05, 0) is 18.6 Å². The number of amides is 1. The van der Waals surface area contributed by atoms with Crippen LogP contribution in [-0.4, -0.2) is 26.1 Å². The molecule has 0 saturated heterocycles. The van der Waals surface area contributed by atoms with E-state index >= 15 is 0 Å². The summed E-state index contributed by atoms with van der Waals surface area (Å²) in [7, 11) is 2.99. The molecule has 136 valence electrons. The van der Waals surface area contributed by atoms with Gasteiger partial charge in [0.2, 0.25) is 6.10 Å². The average Bonchev–Trinajstić information content (AvgIpc) is 2.65. The summed E-state index contributed by atoms with van der Waals surface area (Å²) in [5.41, 5.74) is 6.84. The van der Waals surface area contributed by atoms with E-state index in [1.165, 1.54) is 20.3 Å². The summed E-state index contributed by atoms with van der Waals surface area (Å²) < 4.78 is 16.0. The Morgan fingerprint density at radius 1 is 1.15 bits per heavy atom. The van der Waals surface area contributed by atoms with Crippen LogP contribution in [0, 0.1) is 0 Å². The van der Waals surface area contributed by atoms with Crippen LogP contribution in [0.15, 0.2) is 55.1 Å². The maximum atomic E-state index is 12.6. The summed E-state index contributed by atoms with van der Waals surface area (Å²) >= 11 is 0. The molecular formula is C20H21NO5. The molecule has 0 aromatic heterocycles. The largest absolute Gasteiger partial charge is 0.493 e. The second-order valence-corrected chi connectivity index (χ2v) is 5.46. The molecule has 0 fully saturated rings. The highest BCUT2D eigenvalue weighted by molar-refractivity contribution is 5.93.